The molecule has 2 aromatic rings. The highest BCUT2D eigenvalue weighted by Crippen LogP contribution is 2.29. The normalized spacial score (nSPS) is 13.7. The van der Waals surface area contributed by atoms with Crippen LogP contribution in [0, 0.1) is 0 Å². The summed E-state index contributed by atoms with van der Waals surface area (Å²) in [6.07, 6.45) is 2.24. The first kappa shape index (κ1) is 11.3. The predicted molar refractivity (Wildman–Crippen MR) is 77.3 cm³/mol. The molecule has 0 saturated heterocycles. The fraction of sp³-hybridized carbons (Fsp3) is 0.294. The topological polar surface area (TPSA) is 3.24 Å². The van der Waals surface area contributed by atoms with Crippen molar-refractivity contribution in [2.45, 2.75) is 19.8 Å². The summed E-state index contributed by atoms with van der Waals surface area (Å²) in [4.78, 5) is 2.48. The first-order valence-corrected chi connectivity index (χ1v) is 6.77. The summed E-state index contributed by atoms with van der Waals surface area (Å²) < 4.78 is 0. The highest BCUT2D eigenvalue weighted by molar-refractivity contribution is 5.59. The van der Waals surface area contributed by atoms with Crippen molar-refractivity contribution >= 4 is 5.69 Å². The first-order chi connectivity index (χ1) is 8.86. The molecule has 0 unspecified atom stereocenters. The van der Waals surface area contributed by atoms with Crippen LogP contribution in [0.2, 0.25) is 0 Å². The standard InChI is InChI=1S/C17H19N/c1-2-18-11-10-16-9-8-15(13-17(16)18)12-14-6-4-3-5-7-14/h3-9,13H,2,10-12H2,1H3. The summed E-state index contributed by atoms with van der Waals surface area (Å²) >= 11 is 0. The number of nitrogens with zero attached hydrogens (tertiary/aromatic N) is 1. The molecule has 0 atom stereocenters. The Morgan fingerprint density at radius 1 is 1.00 bits per heavy atom. The number of benzene rings is 2. The minimum Gasteiger partial charge on any atom is -0.371 e. The number of hydrogen-bond acceptors (Lipinski definition) is 1. The monoisotopic (exact) mass is 237 g/mol. The summed E-state index contributed by atoms with van der Waals surface area (Å²) in [5, 5.41) is 0. The van der Waals surface area contributed by atoms with Gasteiger partial charge in [0.2, 0.25) is 0 Å². The maximum Gasteiger partial charge on any atom is 0.0402 e. The smallest absolute Gasteiger partial charge is 0.0402 e. The average Bonchev–Trinajstić information content (AvgIpc) is 2.82. The molecule has 1 aliphatic heterocycles. The van der Waals surface area contributed by atoms with Crippen LogP contribution >= 0.6 is 0 Å². The van der Waals surface area contributed by atoms with Gasteiger partial charge in [-0.1, -0.05) is 42.5 Å². The summed E-state index contributed by atoms with van der Waals surface area (Å²) in [6, 6.07) is 17.7. The van der Waals surface area contributed by atoms with E-state index in [9.17, 15) is 0 Å². The zero-order valence-corrected chi connectivity index (χ0v) is 10.9. The predicted octanol–water partition coefficient (Wildman–Crippen LogP) is 3.66. The van der Waals surface area contributed by atoms with Crippen LogP contribution in [0.25, 0.3) is 0 Å². The average molecular weight is 237 g/mol. The summed E-state index contributed by atoms with van der Waals surface area (Å²) in [6.45, 7) is 4.53. The Hall–Kier alpha value is -1.76. The van der Waals surface area contributed by atoms with Gasteiger partial charge in [0, 0.05) is 18.8 Å². The van der Waals surface area contributed by atoms with Crippen molar-refractivity contribution in [1.29, 1.82) is 0 Å². The van der Waals surface area contributed by atoms with Crippen LogP contribution in [0.4, 0.5) is 5.69 Å². The van der Waals surface area contributed by atoms with E-state index in [0.29, 0.717) is 0 Å². The fourth-order valence-electron chi connectivity index (χ4n) is 2.76. The van der Waals surface area contributed by atoms with Crippen molar-refractivity contribution in [2.75, 3.05) is 18.0 Å². The minimum atomic E-state index is 1.03. The number of fused-ring (bicyclic) bond motifs is 1. The first-order valence-electron chi connectivity index (χ1n) is 6.77. The molecular weight excluding hydrogens is 218 g/mol. The molecule has 1 heterocycles. The van der Waals surface area contributed by atoms with E-state index in [0.717, 1.165) is 13.0 Å². The maximum atomic E-state index is 2.48. The molecule has 0 fully saturated rings. The van der Waals surface area contributed by atoms with Crippen molar-refractivity contribution in [3.05, 3.63) is 65.2 Å². The highest BCUT2D eigenvalue weighted by Gasteiger charge is 2.17. The van der Waals surface area contributed by atoms with Crippen molar-refractivity contribution in [1.82, 2.24) is 0 Å². The Morgan fingerprint density at radius 2 is 1.83 bits per heavy atom. The molecule has 0 aromatic heterocycles. The molecule has 0 saturated carbocycles. The molecule has 0 bridgehead atoms. The molecule has 0 amide bonds. The number of likely N-dealkylation sites (N-methyl/N-ethyl adjacent to an activating group) is 1. The zero-order chi connectivity index (χ0) is 12.4. The third-order valence-corrected chi connectivity index (χ3v) is 3.77. The summed E-state index contributed by atoms with van der Waals surface area (Å²) in [5.41, 5.74) is 5.76. The Labute approximate surface area is 109 Å². The second-order valence-corrected chi connectivity index (χ2v) is 4.96. The molecule has 92 valence electrons. The van der Waals surface area contributed by atoms with Crippen LogP contribution in [-0.4, -0.2) is 13.1 Å². The molecule has 2 aromatic carbocycles. The lowest BCUT2D eigenvalue weighted by atomic mass is 10.0. The van der Waals surface area contributed by atoms with Gasteiger partial charge in [0.25, 0.3) is 0 Å². The largest absolute Gasteiger partial charge is 0.371 e. The number of hydrogen-bond donors (Lipinski definition) is 0. The Morgan fingerprint density at radius 3 is 2.61 bits per heavy atom. The van der Waals surface area contributed by atoms with Crippen LogP contribution in [-0.2, 0) is 12.8 Å². The van der Waals surface area contributed by atoms with Gasteiger partial charge in [0.1, 0.15) is 0 Å². The van der Waals surface area contributed by atoms with Crippen molar-refractivity contribution < 1.29 is 0 Å². The van der Waals surface area contributed by atoms with E-state index in [1.807, 2.05) is 0 Å². The van der Waals surface area contributed by atoms with E-state index in [2.05, 4.69) is 60.4 Å². The van der Waals surface area contributed by atoms with Gasteiger partial charge in [-0.05, 0) is 42.5 Å². The molecule has 1 heteroatoms. The molecule has 0 spiro atoms. The maximum absolute atomic E-state index is 2.48. The quantitative estimate of drug-likeness (QED) is 0.787. The summed E-state index contributed by atoms with van der Waals surface area (Å²) in [5.74, 6) is 0. The van der Waals surface area contributed by atoms with E-state index < -0.39 is 0 Å². The second-order valence-electron chi connectivity index (χ2n) is 4.96. The van der Waals surface area contributed by atoms with Crippen LogP contribution < -0.4 is 4.90 Å². The van der Waals surface area contributed by atoms with Gasteiger partial charge >= 0.3 is 0 Å². The molecule has 1 nitrogen and oxygen atoms in total. The molecule has 3 rings (SSSR count). The SMILES string of the molecule is CCN1CCc2ccc(Cc3ccccc3)cc21. The molecular formula is C17H19N. The van der Waals surface area contributed by atoms with Gasteiger partial charge in [-0.25, -0.2) is 0 Å². The van der Waals surface area contributed by atoms with Crippen LogP contribution in [0.3, 0.4) is 0 Å². The lowest BCUT2D eigenvalue weighted by Crippen LogP contribution is -2.19. The van der Waals surface area contributed by atoms with E-state index in [-0.39, 0.29) is 0 Å². The van der Waals surface area contributed by atoms with E-state index in [4.69, 9.17) is 0 Å². The van der Waals surface area contributed by atoms with Crippen LogP contribution in [0.1, 0.15) is 23.6 Å². The third-order valence-electron chi connectivity index (χ3n) is 3.77. The van der Waals surface area contributed by atoms with E-state index in [1.54, 1.807) is 0 Å². The van der Waals surface area contributed by atoms with Crippen molar-refractivity contribution in [3.8, 4) is 0 Å². The lowest BCUT2D eigenvalue weighted by molar-refractivity contribution is 0.868. The van der Waals surface area contributed by atoms with Crippen molar-refractivity contribution in [3.63, 3.8) is 0 Å². The van der Waals surface area contributed by atoms with E-state index in [1.165, 1.54) is 35.3 Å². The number of anilines is 1. The van der Waals surface area contributed by atoms with Gasteiger partial charge < -0.3 is 4.90 Å². The summed E-state index contributed by atoms with van der Waals surface area (Å²) in [7, 11) is 0. The Bertz CT molecular complexity index is 531. The molecule has 18 heavy (non-hydrogen) atoms. The van der Waals surface area contributed by atoms with Gasteiger partial charge in [-0.3, -0.25) is 0 Å². The zero-order valence-electron chi connectivity index (χ0n) is 10.9. The van der Waals surface area contributed by atoms with Gasteiger partial charge in [-0.2, -0.15) is 0 Å². The molecule has 0 aliphatic carbocycles. The Balaban J connectivity index is 1.87. The Kier molecular flexibility index (Phi) is 3.06. The van der Waals surface area contributed by atoms with Crippen LogP contribution in [0.5, 0.6) is 0 Å². The van der Waals surface area contributed by atoms with Gasteiger partial charge in [0.05, 0.1) is 0 Å². The minimum absolute atomic E-state index is 1.03. The number of rotatable bonds is 3. The fourth-order valence-corrected chi connectivity index (χ4v) is 2.76. The highest BCUT2D eigenvalue weighted by atomic mass is 15.1. The second kappa shape index (κ2) is 4.85. The third kappa shape index (κ3) is 2.13. The lowest BCUT2D eigenvalue weighted by Gasteiger charge is -2.17. The van der Waals surface area contributed by atoms with Crippen LogP contribution in [0.15, 0.2) is 48.5 Å². The molecule has 0 N–H and O–H groups in total. The van der Waals surface area contributed by atoms with Crippen molar-refractivity contribution in [2.24, 2.45) is 0 Å². The van der Waals surface area contributed by atoms with E-state index >= 15 is 0 Å². The van der Waals surface area contributed by atoms with Gasteiger partial charge in [0.15, 0.2) is 0 Å². The molecule has 0 radical (unpaired) electrons. The molecule has 1 aliphatic rings. The van der Waals surface area contributed by atoms with Gasteiger partial charge in [-0.15, -0.1) is 0 Å².